The van der Waals surface area contributed by atoms with Crippen molar-refractivity contribution in [3.63, 3.8) is 0 Å². The van der Waals surface area contributed by atoms with Crippen molar-refractivity contribution in [2.75, 3.05) is 11.5 Å². The van der Waals surface area contributed by atoms with Gasteiger partial charge in [0.25, 0.3) is 0 Å². The van der Waals surface area contributed by atoms with E-state index in [1.807, 2.05) is 24.3 Å². The molecule has 2 aromatic rings. The van der Waals surface area contributed by atoms with Crippen LogP contribution >= 0.6 is 0 Å². The van der Waals surface area contributed by atoms with Crippen LogP contribution in [0.1, 0.15) is 25.2 Å². The molecule has 0 radical (unpaired) electrons. The zero-order valence-electron chi connectivity index (χ0n) is 10.3. The molecule has 0 unspecified atom stereocenters. The highest BCUT2D eigenvalue weighted by Gasteiger charge is 2.28. The standard InChI is InChI=1S/C12H17N5/c1-12(2,8-4-6-9(13)7-5-8)10-15-11(14)17(3)16-10/h4-7H,13H2,1-3H3,(H2,14,15,16). The van der Waals surface area contributed by atoms with Crippen LogP contribution in [-0.4, -0.2) is 14.8 Å². The fourth-order valence-electron chi connectivity index (χ4n) is 1.69. The Labute approximate surface area is 100 Å². The lowest BCUT2D eigenvalue weighted by atomic mass is 9.84. The highest BCUT2D eigenvalue weighted by atomic mass is 15.4. The van der Waals surface area contributed by atoms with Crippen molar-refractivity contribution in [2.24, 2.45) is 7.05 Å². The fraction of sp³-hybridized carbons (Fsp3) is 0.333. The van der Waals surface area contributed by atoms with Crippen molar-refractivity contribution in [3.05, 3.63) is 35.7 Å². The minimum absolute atomic E-state index is 0.289. The monoisotopic (exact) mass is 231 g/mol. The average molecular weight is 231 g/mol. The van der Waals surface area contributed by atoms with Crippen LogP contribution in [-0.2, 0) is 12.5 Å². The zero-order valence-corrected chi connectivity index (χ0v) is 10.3. The Balaban J connectivity index is 2.45. The van der Waals surface area contributed by atoms with Crippen LogP contribution in [0.15, 0.2) is 24.3 Å². The summed E-state index contributed by atoms with van der Waals surface area (Å²) in [4.78, 5) is 4.28. The summed E-state index contributed by atoms with van der Waals surface area (Å²) < 4.78 is 1.58. The molecule has 0 aliphatic rings. The molecule has 1 aromatic carbocycles. The van der Waals surface area contributed by atoms with Crippen molar-refractivity contribution in [1.29, 1.82) is 0 Å². The van der Waals surface area contributed by atoms with E-state index in [4.69, 9.17) is 11.5 Å². The van der Waals surface area contributed by atoms with Gasteiger partial charge in [0.2, 0.25) is 5.95 Å². The molecule has 2 rings (SSSR count). The van der Waals surface area contributed by atoms with Gasteiger partial charge in [0.1, 0.15) is 0 Å². The molecule has 90 valence electrons. The summed E-state index contributed by atoms with van der Waals surface area (Å²) in [7, 11) is 1.78. The first-order valence-electron chi connectivity index (χ1n) is 5.44. The first kappa shape index (κ1) is 11.4. The summed E-state index contributed by atoms with van der Waals surface area (Å²) in [6.07, 6.45) is 0. The number of nitrogens with zero attached hydrogens (tertiary/aromatic N) is 3. The molecule has 0 saturated heterocycles. The Bertz CT molecular complexity index is 505. The second kappa shape index (κ2) is 3.76. The van der Waals surface area contributed by atoms with Gasteiger partial charge in [-0.3, -0.25) is 0 Å². The Hall–Kier alpha value is -2.04. The topological polar surface area (TPSA) is 82.8 Å². The number of hydrogen-bond acceptors (Lipinski definition) is 4. The van der Waals surface area contributed by atoms with E-state index in [0.29, 0.717) is 11.8 Å². The molecular formula is C12H17N5. The summed E-state index contributed by atoms with van der Waals surface area (Å²) in [6.45, 7) is 4.13. The number of anilines is 2. The third-order valence-corrected chi connectivity index (χ3v) is 2.99. The number of benzene rings is 1. The van der Waals surface area contributed by atoms with Crippen LogP contribution in [0.2, 0.25) is 0 Å². The minimum Gasteiger partial charge on any atom is -0.399 e. The van der Waals surface area contributed by atoms with Crippen LogP contribution in [0.3, 0.4) is 0 Å². The summed E-state index contributed by atoms with van der Waals surface area (Å²) in [5.41, 5.74) is 13.0. The Morgan fingerprint density at radius 2 is 1.71 bits per heavy atom. The number of hydrogen-bond donors (Lipinski definition) is 2. The van der Waals surface area contributed by atoms with E-state index >= 15 is 0 Å². The van der Waals surface area contributed by atoms with E-state index in [9.17, 15) is 0 Å². The van der Waals surface area contributed by atoms with Gasteiger partial charge in [0, 0.05) is 12.7 Å². The lowest BCUT2D eigenvalue weighted by Crippen LogP contribution is -2.21. The molecule has 1 heterocycles. The summed E-state index contributed by atoms with van der Waals surface area (Å²) >= 11 is 0. The predicted molar refractivity (Wildman–Crippen MR) is 68.4 cm³/mol. The molecule has 5 heteroatoms. The molecule has 1 aromatic heterocycles. The lowest BCUT2D eigenvalue weighted by Gasteiger charge is -2.21. The predicted octanol–water partition coefficient (Wildman–Crippen LogP) is 1.31. The minimum atomic E-state index is -0.289. The van der Waals surface area contributed by atoms with Gasteiger partial charge in [0.15, 0.2) is 5.82 Å². The molecule has 17 heavy (non-hydrogen) atoms. The molecule has 0 aliphatic heterocycles. The number of rotatable bonds is 2. The van der Waals surface area contributed by atoms with Crippen LogP contribution < -0.4 is 11.5 Å². The first-order valence-corrected chi connectivity index (χ1v) is 5.44. The van der Waals surface area contributed by atoms with Gasteiger partial charge in [-0.1, -0.05) is 12.1 Å². The first-order chi connectivity index (χ1) is 7.91. The van der Waals surface area contributed by atoms with Gasteiger partial charge in [-0.2, -0.15) is 10.1 Å². The SMILES string of the molecule is Cn1nc(C(C)(C)c2ccc(N)cc2)nc1N. The second-order valence-corrected chi connectivity index (χ2v) is 4.66. The van der Waals surface area contributed by atoms with Gasteiger partial charge in [-0.25, -0.2) is 4.68 Å². The quantitative estimate of drug-likeness (QED) is 0.763. The fourth-order valence-corrected chi connectivity index (χ4v) is 1.69. The number of aryl methyl sites for hydroxylation is 1. The van der Waals surface area contributed by atoms with Crippen molar-refractivity contribution >= 4 is 11.6 Å². The van der Waals surface area contributed by atoms with Crippen molar-refractivity contribution in [1.82, 2.24) is 14.8 Å². The van der Waals surface area contributed by atoms with Crippen LogP contribution in [0.4, 0.5) is 11.6 Å². The third-order valence-electron chi connectivity index (χ3n) is 2.99. The summed E-state index contributed by atoms with van der Waals surface area (Å²) in [5, 5.41) is 4.33. The van der Waals surface area contributed by atoms with E-state index in [1.165, 1.54) is 0 Å². The largest absolute Gasteiger partial charge is 0.399 e. The highest BCUT2D eigenvalue weighted by Crippen LogP contribution is 2.29. The third kappa shape index (κ3) is 1.95. The molecule has 0 amide bonds. The van der Waals surface area contributed by atoms with E-state index in [1.54, 1.807) is 11.7 Å². The van der Waals surface area contributed by atoms with Crippen molar-refractivity contribution < 1.29 is 0 Å². The lowest BCUT2D eigenvalue weighted by molar-refractivity contribution is 0.580. The smallest absolute Gasteiger partial charge is 0.218 e. The average Bonchev–Trinajstić information content (AvgIpc) is 2.60. The maximum absolute atomic E-state index is 5.71. The number of aromatic nitrogens is 3. The summed E-state index contributed by atoms with van der Waals surface area (Å²) in [5.74, 6) is 1.13. The maximum Gasteiger partial charge on any atom is 0.218 e. The van der Waals surface area contributed by atoms with E-state index in [2.05, 4.69) is 23.9 Å². The Kier molecular flexibility index (Phi) is 2.53. The summed E-state index contributed by atoms with van der Waals surface area (Å²) in [6, 6.07) is 7.73. The molecule has 5 nitrogen and oxygen atoms in total. The zero-order chi connectivity index (χ0) is 12.6. The Morgan fingerprint density at radius 3 is 2.18 bits per heavy atom. The van der Waals surface area contributed by atoms with Gasteiger partial charge in [0.05, 0.1) is 5.41 Å². The van der Waals surface area contributed by atoms with Gasteiger partial charge in [-0.05, 0) is 31.5 Å². The Morgan fingerprint density at radius 1 is 1.12 bits per heavy atom. The molecule has 0 bridgehead atoms. The van der Waals surface area contributed by atoms with Crippen molar-refractivity contribution in [3.8, 4) is 0 Å². The van der Waals surface area contributed by atoms with Crippen LogP contribution in [0, 0.1) is 0 Å². The van der Waals surface area contributed by atoms with Gasteiger partial charge >= 0.3 is 0 Å². The molecule has 0 aliphatic carbocycles. The normalized spacial score (nSPS) is 11.7. The maximum atomic E-state index is 5.71. The molecule has 0 fully saturated rings. The molecule has 0 spiro atoms. The number of nitrogen functional groups attached to an aromatic ring is 2. The molecule has 4 N–H and O–H groups in total. The molecule has 0 saturated carbocycles. The van der Waals surface area contributed by atoms with Gasteiger partial charge < -0.3 is 11.5 Å². The van der Waals surface area contributed by atoms with Crippen LogP contribution in [0.25, 0.3) is 0 Å². The van der Waals surface area contributed by atoms with E-state index < -0.39 is 0 Å². The second-order valence-electron chi connectivity index (χ2n) is 4.66. The molecule has 0 atom stereocenters. The van der Waals surface area contributed by atoms with E-state index in [-0.39, 0.29) is 5.41 Å². The highest BCUT2D eigenvalue weighted by molar-refractivity contribution is 5.43. The van der Waals surface area contributed by atoms with E-state index in [0.717, 1.165) is 11.3 Å². The van der Waals surface area contributed by atoms with Crippen LogP contribution in [0.5, 0.6) is 0 Å². The van der Waals surface area contributed by atoms with Gasteiger partial charge in [-0.15, -0.1) is 0 Å². The number of nitrogens with two attached hydrogens (primary N) is 2. The van der Waals surface area contributed by atoms with Crippen molar-refractivity contribution in [2.45, 2.75) is 19.3 Å². The molecular weight excluding hydrogens is 214 g/mol.